The second-order valence-electron chi connectivity index (χ2n) is 8.09. The minimum Gasteiger partial charge on any atom is -0.0987 e. The van der Waals surface area contributed by atoms with Crippen molar-refractivity contribution < 1.29 is 0 Å². The van der Waals surface area contributed by atoms with Gasteiger partial charge >= 0.3 is 0 Å². The van der Waals surface area contributed by atoms with E-state index in [1.165, 1.54) is 44.5 Å². The molecule has 126 valence electrons. The molecule has 25 heavy (non-hydrogen) atoms. The van der Waals surface area contributed by atoms with Gasteiger partial charge in [0.1, 0.15) is 0 Å². The second kappa shape index (κ2) is 4.99. The maximum Gasteiger partial charge on any atom is 0.0487 e. The van der Waals surface area contributed by atoms with Crippen molar-refractivity contribution in [1.82, 2.24) is 0 Å². The first kappa shape index (κ1) is 16.4. The molecule has 0 nitrogen and oxygen atoms in total. The Labute approximate surface area is 155 Å². The van der Waals surface area contributed by atoms with Crippen LogP contribution in [0.4, 0.5) is 0 Å². The monoisotopic (exact) mass is 346 g/mol. The Balaban J connectivity index is 2.10. The van der Waals surface area contributed by atoms with E-state index in [2.05, 4.69) is 65.1 Å². The average Bonchev–Trinajstić information content (AvgIpc) is 2.92. The van der Waals surface area contributed by atoms with Gasteiger partial charge in [-0.3, -0.25) is 0 Å². The molecule has 0 radical (unpaired) electrons. The Morgan fingerprint density at radius 1 is 0.840 bits per heavy atom. The van der Waals surface area contributed by atoms with E-state index in [9.17, 15) is 0 Å². The second-order valence-corrected chi connectivity index (χ2v) is 8.50. The SMILES string of the molecule is C=CC1=C(C=C)C(C)(C)c2cc3c(cc21)C(C)(C)c1cccc(Cl)c1-3. The minimum atomic E-state index is -0.0796. The number of hydrogen-bond acceptors (Lipinski definition) is 0. The Kier molecular flexibility index (Phi) is 3.28. The van der Waals surface area contributed by atoms with Crippen molar-refractivity contribution in [3.05, 3.63) is 88.5 Å². The van der Waals surface area contributed by atoms with Crippen molar-refractivity contribution in [2.75, 3.05) is 0 Å². The largest absolute Gasteiger partial charge is 0.0987 e. The molecule has 0 heterocycles. The highest BCUT2D eigenvalue weighted by molar-refractivity contribution is 6.34. The Morgan fingerprint density at radius 2 is 1.48 bits per heavy atom. The van der Waals surface area contributed by atoms with Crippen molar-refractivity contribution in [3.8, 4) is 11.1 Å². The van der Waals surface area contributed by atoms with E-state index in [-0.39, 0.29) is 10.8 Å². The van der Waals surface area contributed by atoms with Crippen LogP contribution < -0.4 is 0 Å². The van der Waals surface area contributed by atoms with Crippen LogP contribution in [0.15, 0.2) is 61.2 Å². The molecule has 0 amide bonds. The molecule has 0 aliphatic heterocycles. The minimum absolute atomic E-state index is 0.0576. The molecule has 1 heteroatoms. The van der Waals surface area contributed by atoms with Gasteiger partial charge in [-0.1, -0.05) is 76.7 Å². The Morgan fingerprint density at radius 3 is 2.12 bits per heavy atom. The van der Waals surface area contributed by atoms with E-state index in [1.54, 1.807) is 0 Å². The van der Waals surface area contributed by atoms with Crippen LogP contribution in [-0.2, 0) is 10.8 Å². The van der Waals surface area contributed by atoms with Gasteiger partial charge in [0.25, 0.3) is 0 Å². The number of allylic oxidation sites excluding steroid dienone is 4. The number of benzene rings is 2. The number of hydrogen-bond donors (Lipinski definition) is 0. The summed E-state index contributed by atoms with van der Waals surface area (Å²) in [6.07, 6.45) is 3.95. The summed E-state index contributed by atoms with van der Waals surface area (Å²) in [7, 11) is 0. The standard InChI is InChI=1S/C24H23Cl/c1-7-14-15-12-20-16(13-19(15)23(3,4)17(14)8-2)22-18(24(20,5)6)10-9-11-21(22)25/h7-13H,1-2H2,3-6H3. The fourth-order valence-electron chi connectivity index (χ4n) is 4.74. The zero-order chi connectivity index (χ0) is 18.1. The van der Waals surface area contributed by atoms with Crippen LogP contribution in [0.25, 0.3) is 16.7 Å². The van der Waals surface area contributed by atoms with Crippen molar-refractivity contribution in [2.24, 2.45) is 0 Å². The van der Waals surface area contributed by atoms with Crippen LogP contribution in [0.2, 0.25) is 5.02 Å². The van der Waals surface area contributed by atoms with Crippen molar-refractivity contribution in [3.63, 3.8) is 0 Å². The van der Waals surface area contributed by atoms with E-state index in [0.29, 0.717) is 0 Å². The van der Waals surface area contributed by atoms with E-state index in [1.807, 2.05) is 18.2 Å². The summed E-state index contributed by atoms with van der Waals surface area (Å²) in [6, 6.07) is 11.0. The van der Waals surface area contributed by atoms with Crippen LogP contribution in [0.5, 0.6) is 0 Å². The molecule has 2 aromatic carbocycles. The van der Waals surface area contributed by atoms with Crippen molar-refractivity contribution in [1.29, 1.82) is 0 Å². The van der Waals surface area contributed by atoms with Crippen LogP contribution in [0.1, 0.15) is 49.9 Å². The fraction of sp³-hybridized carbons (Fsp3) is 0.250. The quantitative estimate of drug-likeness (QED) is 0.545. The van der Waals surface area contributed by atoms with Crippen LogP contribution >= 0.6 is 11.6 Å². The summed E-state index contributed by atoms with van der Waals surface area (Å²) >= 11 is 6.62. The number of fused-ring (bicyclic) bond motifs is 4. The molecular weight excluding hydrogens is 324 g/mol. The van der Waals surface area contributed by atoms with Gasteiger partial charge in [-0.2, -0.15) is 0 Å². The third-order valence-electron chi connectivity index (χ3n) is 6.12. The van der Waals surface area contributed by atoms with Crippen LogP contribution in [-0.4, -0.2) is 0 Å². The lowest BCUT2D eigenvalue weighted by atomic mass is 9.78. The fourth-order valence-corrected chi connectivity index (χ4v) is 5.02. The van der Waals surface area contributed by atoms with Crippen molar-refractivity contribution >= 4 is 17.2 Å². The van der Waals surface area contributed by atoms with Gasteiger partial charge in [0.05, 0.1) is 0 Å². The molecule has 0 atom stereocenters. The highest BCUT2D eigenvalue weighted by atomic mass is 35.5. The third-order valence-corrected chi connectivity index (χ3v) is 6.44. The van der Waals surface area contributed by atoms with Gasteiger partial charge in [-0.15, -0.1) is 0 Å². The molecular formula is C24H23Cl. The molecule has 2 aliphatic carbocycles. The lowest BCUT2D eigenvalue weighted by Gasteiger charge is -2.25. The molecule has 0 spiro atoms. The summed E-state index contributed by atoms with van der Waals surface area (Å²) in [5.41, 5.74) is 10.0. The van der Waals surface area contributed by atoms with E-state index in [0.717, 1.165) is 5.02 Å². The molecule has 0 saturated carbocycles. The first-order valence-corrected chi connectivity index (χ1v) is 9.11. The smallest absolute Gasteiger partial charge is 0.0487 e. The highest BCUT2D eigenvalue weighted by Crippen LogP contribution is 2.56. The molecule has 0 saturated heterocycles. The van der Waals surface area contributed by atoms with Gasteiger partial charge in [-0.05, 0) is 57.2 Å². The van der Waals surface area contributed by atoms with Gasteiger partial charge < -0.3 is 0 Å². The molecule has 2 aromatic rings. The topological polar surface area (TPSA) is 0 Å². The lowest BCUT2D eigenvalue weighted by Crippen LogP contribution is -2.17. The van der Waals surface area contributed by atoms with Gasteiger partial charge in [-0.25, -0.2) is 0 Å². The zero-order valence-corrected chi connectivity index (χ0v) is 16.1. The highest BCUT2D eigenvalue weighted by Gasteiger charge is 2.41. The predicted octanol–water partition coefficient (Wildman–Crippen LogP) is 7.06. The van der Waals surface area contributed by atoms with Gasteiger partial charge in [0, 0.05) is 21.4 Å². The third kappa shape index (κ3) is 1.89. The van der Waals surface area contributed by atoms with E-state index < -0.39 is 0 Å². The average molecular weight is 347 g/mol. The van der Waals surface area contributed by atoms with Gasteiger partial charge in [0.2, 0.25) is 0 Å². The first-order valence-electron chi connectivity index (χ1n) is 8.73. The first-order chi connectivity index (χ1) is 11.7. The normalized spacial score (nSPS) is 18.6. The maximum absolute atomic E-state index is 6.62. The summed E-state index contributed by atoms with van der Waals surface area (Å²) < 4.78 is 0. The van der Waals surface area contributed by atoms with Gasteiger partial charge in [0.15, 0.2) is 0 Å². The van der Waals surface area contributed by atoms with Crippen LogP contribution in [0.3, 0.4) is 0 Å². The lowest BCUT2D eigenvalue weighted by molar-refractivity contribution is 0.647. The molecule has 4 rings (SSSR count). The summed E-state index contributed by atoms with van der Waals surface area (Å²) in [5, 5.41) is 0.834. The molecule has 0 N–H and O–H groups in total. The molecule has 2 aliphatic rings. The molecule has 0 bridgehead atoms. The molecule has 0 unspecified atom stereocenters. The summed E-state index contributed by atoms with van der Waals surface area (Å²) in [4.78, 5) is 0. The van der Waals surface area contributed by atoms with Crippen LogP contribution in [0, 0.1) is 0 Å². The van der Waals surface area contributed by atoms with E-state index in [4.69, 9.17) is 11.6 Å². The predicted molar refractivity (Wildman–Crippen MR) is 109 cm³/mol. The summed E-state index contributed by atoms with van der Waals surface area (Å²) in [6.45, 7) is 17.2. The van der Waals surface area contributed by atoms with E-state index >= 15 is 0 Å². The van der Waals surface area contributed by atoms with Crippen molar-refractivity contribution in [2.45, 2.75) is 38.5 Å². The summed E-state index contributed by atoms with van der Waals surface area (Å²) in [5.74, 6) is 0. The molecule has 0 aromatic heterocycles. The number of rotatable bonds is 2. The number of halogens is 1. The zero-order valence-electron chi connectivity index (χ0n) is 15.3. The Hall–Kier alpha value is -2.05. The Bertz CT molecular complexity index is 983. The molecule has 0 fully saturated rings. The maximum atomic E-state index is 6.62.